The average Bonchev–Trinajstić information content (AvgIpc) is 2.27. The van der Waals surface area contributed by atoms with E-state index in [2.05, 4.69) is 4.98 Å². The maximum Gasteiger partial charge on any atom is 0.311 e. The van der Waals surface area contributed by atoms with Gasteiger partial charge in [0.25, 0.3) is 0 Å². The van der Waals surface area contributed by atoms with E-state index < -0.39 is 4.92 Å². The molecule has 0 aliphatic rings. The average molecular weight is 211 g/mol. The molecule has 1 N–H and O–H groups in total. The molecule has 0 amide bonds. The van der Waals surface area contributed by atoms with Crippen LogP contribution in [0.5, 0.6) is 0 Å². The highest BCUT2D eigenvalue weighted by Gasteiger charge is 2.20. The lowest BCUT2D eigenvalue weighted by molar-refractivity contribution is -0.384. The molecule has 82 valence electrons. The van der Waals surface area contributed by atoms with E-state index in [4.69, 9.17) is 5.11 Å². The predicted molar refractivity (Wildman–Crippen MR) is 55.8 cm³/mol. The topological polar surface area (TPSA) is 79.5 Å². The second kappa shape index (κ2) is 4.70. The molecule has 0 radical (unpaired) electrons. The van der Waals surface area contributed by atoms with Gasteiger partial charge in [-0.2, -0.15) is 0 Å². The second-order valence-electron chi connectivity index (χ2n) is 3.25. The molecule has 1 atom stereocenters. The number of likely N-dealkylation sites (N-methyl/N-ethyl adjacent to an activating group) is 1. The van der Waals surface area contributed by atoms with Crippen LogP contribution in [-0.2, 0) is 0 Å². The third-order valence-corrected chi connectivity index (χ3v) is 2.22. The third-order valence-electron chi connectivity index (χ3n) is 2.22. The Kier molecular flexibility index (Phi) is 3.56. The van der Waals surface area contributed by atoms with Crippen molar-refractivity contribution in [1.29, 1.82) is 0 Å². The largest absolute Gasteiger partial charge is 0.394 e. The number of nitro groups is 1. The number of aliphatic hydroxyl groups excluding tert-OH is 1. The van der Waals surface area contributed by atoms with Gasteiger partial charge in [0.05, 0.1) is 17.6 Å². The number of aromatic nitrogens is 1. The fraction of sp³-hybridized carbons (Fsp3) is 0.444. The number of anilines is 1. The quantitative estimate of drug-likeness (QED) is 0.588. The summed E-state index contributed by atoms with van der Waals surface area (Å²) in [6.45, 7) is 1.68. The summed E-state index contributed by atoms with van der Waals surface area (Å²) in [5.41, 5.74) is -0.0553. The van der Waals surface area contributed by atoms with Crippen molar-refractivity contribution >= 4 is 11.5 Å². The zero-order valence-corrected chi connectivity index (χ0v) is 8.62. The van der Waals surface area contributed by atoms with E-state index in [0.717, 1.165) is 0 Å². The molecule has 0 saturated carbocycles. The Morgan fingerprint density at radius 3 is 2.93 bits per heavy atom. The van der Waals surface area contributed by atoms with Gasteiger partial charge in [-0.25, -0.2) is 4.98 Å². The van der Waals surface area contributed by atoms with Crippen molar-refractivity contribution in [3.8, 4) is 0 Å². The van der Waals surface area contributed by atoms with Gasteiger partial charge in [-0.1, -0.05) is 0 Å². The highest BCUT2D eigenvalue weighted by molar-refractivity contribution is 5.57. The highest BCUT2D eigenvalue weighted by atomic mass is 16.6. The summed E-state index contributed by atoms with van der Waals surface area (Å²) in [6.07, 6.45) is 1.49. The molecule has 0 aliphatic carbocycles. The fourth-order valence-electron chi connectivity index (χ4n) is 1.13. The Bertz CT molecular complexity index is 356. The van der Waals surface area contributed by atoms with Gasteiger partial charge in [-0.15, -0.1) is 0 Å². The molecule has 1 aromatic heterocycles. The van der Waals surface area contributed by atoms with Crippen LogP contribution >= 0.6 is 0 Å². The van der Waals surface area contributed by atoms with Crippen molar-refractivity contribution in [2.24, 2.45) is 0 Å². The molecule has 0 aliphatic heterocycles. The van der Waals surface area contributed by atoms with E-state index >= 15 is 0 Å². The van der Waals surface area contributed by atoms with Gasteiger partial charge in [-0.05, 0) is 13.0 Å². The maximum atomic E-state index is 10.7. The Hall–Kier alpha value is -1.69. The Morgan fingerprint density at radius 2 is 2.40 bits per heavy atom. The zero-order valence-electron chi connectivity index (χ0n) is 8.62. The van der Waals surface area contributed by atoms with Crippen molar-refractivity contribution in [2.75, 3.05) is 18.6 Å². The van der Waals surface area contributed by atoms with Crippen LogP contribution in [0.2, 0.25) is 0 Å². The molecule has 0 aromatic carbocycles. The molecule has 6 heteroatoms. The number of rotatable bonds is 4. The lowest BCUT2D eigenvalue weighted by Gasteiger charge is -2.23. The molecule has 6 nitrogen and oxygen atoms in total. The highest BCUT2D eigenvalue weighted by Crippen LogP contribution is 2.24. The zero-order chi connectivity index (χ0) is 11.4. The minimum atomic E-state index is -0.483. The van der Waals surface area contributed by atoms with E-state index in [-0.39, 0.29) is 24.2 Å². The molecule has 0 spiro atoms. The summed E-state index contributed by atoms with van der Waals surface area (Å²) >= 11 is 0. The summed E-state index contributed by atoms with van der Waals surface area (Å²) in [5.74, 6) is 0.268. The lowest BCUT2D eigenvalue weighted by atomic mass is 10.3. The predicted octanol–water partition coefficient (Wildman–Crippen LogP) is 0.807. The first-order valence-corrected chi connectivity index (χ1v) is 4.51. The molecular weight excluding hydrogens is 198 g/mol. The lowest BCUT2D eigenvalue weighted by Crippen LogP contribution is -2.32. The summed E-state index contributed by atoms with van der Waals surface area (Å²) in [6, 6.07) is 2.70. The van der Waals surface area contributed by atoms with Crippen LogP contribution in [0.25, 0.3) is 0 Å². The molecule has 0 saturated heterocycles. The fourth-order valence-corrected chi connectivity index (χ4v) is 1.13. The molecule has 1 rings (SSSR count). The molecule has 1 heterocycles. The van der Waals surface area contributed by atoms with E-state index in [1.165, 1.54) is 18.3 Å². The molecule has 1 aromatic rings. The Labute approximate surface area is 87.3 Å². The van der Waals surface area contributed by atoms with E-state index in [9.17, 15) is 10.1 Å². The van der Waals surface area contributed by atoms with Crippen molar-refractivity contribution < 1.29 is 10.0 Å². The first-order valence-electron chi connectivity index (χ1n) is 4.51. The minimum absolute atomic E-state index is 0.0553. The summed E-state index contributed by atoms with van der Waals surface area (Å²) in [5, 5.41) is 19.7. The monoisotopic (exact) mass is 211 g/mol. The smallest absolute Gasteiger partial charge is 0.311 e. The van der Waals surface area contributed by atoms with Crippen LogP contribution in [0.4, 0.5) is 11.5 Å². The van der Waals surface area contributed by atoms with Crippen molar-refractivity contribution in [3.63, 3.8) is 0 Å². The molecule has 0 fully saturated rings. The third kappa shape index (κ3) is 2.41. The standard InChI is InChI=1S/C9H13N3O3/c1-7(6-13)11(2)9-8(12(14)15)4-3-5-10-9/h3-5,7,13H,6H2,1-2H3. The van der Waals surface area contributed by atoms with Crippen LogP contribution in [0.1, 0.15) is 6.92 Å². The number of hydrogen-bond donors (Lipinski definition) is 1. The van der Waals surface area contributed by atoms with Gasteiger partial charge in [0.1, 0.15) is 0 Å². The van der Waals surface area contributed by atoms with Crippen LogP contribution in [0.15, 0.2) is 18.3 Å². The van der Waals surface area contributed by atoms with Crippen molar-refractivity contribution in [1.82, 2.24) is 4.98 Å². The van der Waals surface area contributed by atoms with Gasteiger partial charge in [-0.3, -0.25) is 10.1 Å². The maximum absolute atomic E-state index is 10.7. The molecule has 1 unspecified atom stereocenters. The van der Waals surface area contributed by atoms with Crippen LogP contribution in [0.3, 0.4) is 0 Å². The number of nitrogens with zero attached hydrogens (tertiary/aromatic N) is 3. The van der Waals surface area contributed by atoms with Crippen molar-refractivity contribution in [2.45, 2.75) is 13.0 Å². The number of hydrogen-bond acceptors (Lipinski definition) is 5. The number of pyridine rings is 1. The van der Waals surface area contributed by atoms with Crippen LogP contribution < -0.4 is 4.90 Å². The van der Waals surface area contributed by atoms with Gasteiger partial charge in [0.2, 0.25) is 5.82 Å². The molecule has 15 heavy (non-hydrogen) atoms. The van der Waals surface area contributed by atoms with Gasteiger partial charge < -0.3 is 10.0 Å². The van der Waals surface area contributed by atoms with E-state index in [1.54, 1.807) is 18.9 Å². The van der Waals surface area contributed by atoms with Crippen molar-refractivity contribution in [3.05, 3.63) is 28.4 Å². The molecular formula is C9H13N3O3. The van der Waals surface area contributed by atoms with Crippen LogP contribution in [0, 0.1) is 10.1 Å². The van der Waals surface area contributed by atoms with Gasteiger partial charge >= 0.3 is 5.69 Å². The first-order chi connectivity index (χ1) is 7.07. The Morgan fingerprint density at radius 1 is 1.73 bits per heavy atom. The van der Waals surface area contributed by atoms with E-state index in [0.29, 0.717) is 0 Å². The first kappa shape index (κ1) is 11.4. The van der Waals surface area contributed by atoms with Gasteiger partial charge in [0, 0.05) is 19.3 Å². The van der Waals surface area contributed by atoms with Crippen LogP contribution in [-0.4, -0.2) is 34.7 Å². The summed E-state index contributed by atoms with van der Waals surface area (Å²) < 4.78 is 0. The summed E-state index contributed by atoms with van der Waals surface area (Å²) in [7, 11) is 1.66. The Balaban J connectivity index is 3.07. The number of aliphatic hydroxyl groups is 1. The summed E-state index contributed by atoms with van der Waals surface area (Å²) in [4.78, 5) is 15.8. The normalized spacial score (nSPS) is 12.2. The SMILES string of the molecule is CC(CO)N(C)c1ncccc1[N+](=O)[O-]. The van der Waals surface area contributed by atoms with E-state index in [1.807, 2.05) is 0 Å². The molecule has 0 bridgehead atoms. The van der Waals surface area contributed by atoms with Gasteiger partial charge in [0.15, 0.2) is 0 Å². The minimum Gasteiger partial charge on any atom is -0.394 e. The second-order valence-corrected chi connectivity index (χ2v) is 3.25.